The maximum atomic E-state index is 12.1. The predicted molar refractivity (Wildman–Crippen MR) is 110 cm³/mol. The van der Waals surface area contributed by atoms with Crippen LogP contribution in [0.1, 0.15) is 32.1 Å². The fraction of sp³-hybridized carbons (Fsp3) is 0.700. The van der Waals surface area contributed by atoms with Crippen molar-refractivity contribution < 1.29 is 47.3 Å². The third-order valence-electron chi connectivity index (χ3n) is 5.38. The number of hydrogen-bond acceptors (Lipinski definition) is 7. The highest BCUT2D eigenvalue weighted by Crippen LogP contribution is 2.25. The van der Waals surface area contributed by atoms with Crippen LogP contribution in [-0.4, -0.2) is 89.7 Å². The topological polar surface area (TPSA) is 157 Å². The van der Waals surface area contributed by atoms with Gasteiger partial charge in [0.25, 0.3) is 0 Å². The summed E-state index contributed by atoms with van der Waals surface area (Å²) in [5.41, 5.74) is 0. The summed E-state index contributed by atoms with van der Waals surface area (Å²) < 4.78 is 41.5. The second-order valence-corrected chi connectivity index (χ2v) is 7.99. The Morgan fingerprint density at radius 2 is 1.79 bits per heavy atom. The number of carbonyl (C=O) groups excluding carboxylic acids is 4. The van der Waals surface area contributed by atoms with Crippen LogP contribution in [0.4, 0.5) is 18.0 Å². The van der Waals surface area contributed by atoms with Gasteiger partial charge in [-0.2, -0.15) is 13.2 Å². The molecule has 5 amide bonds. The van der Waals surface area contributed by atoms with Crippen molar-refractivity contribution in [2.75, 3.05) is 26.2 Å². The Hall–Kier alpha value is -2.71. The first-order valence-corrected chi connectivity index (χ1v) is 10.9. The molecule has 0 bridgehead atoms. The molecular formula is C20H29F3N4O7. The minimum absolute atomic E-state index is 0.0607. The Morgan fingerprint density at radius 1 is 1.15 bits per heavy atom. The van der Waals surface area contributed by atoms with Crippen molar-refractivity contribution in [2.45, 2.75) is 56.7 Å². The first-order valence-electron chi connectivity index (χ1n) is 10.9. The smallest absolute Gasteiger partial charge is 0.394 e. The van der Waals surface area contributed by atoms with E-state index >= 15 is 0 Å². The fourth-order valence-corrected chi connectivity index (χ4v) is 3.50. The minimum Gasteiger partial charge on any atom is -0.394 e. The van der Waals surface area contributed by atoms with E-state index in [1.165, 1.54) is 17.1 Å². The van der Waals surface area contributed by atoms with Gasteiger partial charge in [0.1, 0.15) is 12.3 Å². The van der Waals surface area contributed by atoms with Crippen LogP contribution >= 0.6 is 0 Å². The number of hydrogen-bond donors (Lipinski definition) is 5. The van der Waals surface area contributed by atoms with Gasteiger partial charge in [-0.3, -0.25) is 24.6 Å². The molecule has 0 aromatic heterocycles. The molecule has 0 radical (unpaired) electrons. The van der Waals surface area contributed by atoms with Crippen LogP contribution in [0, 0.1) is 5.92 Å². The molecule has 5 N–H and O–H groups in total. The maximum Gasteiger partial charge on any atom is 0.471 e. The Morgan fingerprint density at radius 3 is 2.38 bits per heavy atom. The highest BCUT2D eigenvalue weighted by atomic mass is 19.4. The molecule has 2 aliphatic heterocycles. The fourth-order valence-electron chi connectivity index (χ4n) is 3.50. The zero-order valence-corrected chi connectivity index (χ0v) is 18.3. The van der Waals surface area contributed by atoms with Gasteiger partial charge < -0.3 is 25.6 Å². The average Bonchev–Trinajstić information content (AvgIpc) is 3.14. The highest BCUT2D eigenvalue weighted by Gasteiger charge is 2.42. The summed E-state index contributed by atoms with van der Waals surface area (Å²) in [6.45, 7) is -0.239. The van der Waals surface area contributed by atoms with Gasteiger partial charge in [0, 0.05) is 26.1 Å². The van der Waals surface area contributed by atoms with E-state index < -0.39 is 60.9 Å². The van der Waals surface area contributed by atoms with Gasteiger partial charge in [-0.15, -0.1) is 0 Å². The second-order valence-electron chi connectivity index (χ2n) is 7.99. The number of ether oxygens (including phenoxy) is 1. The van der Waals surface area contributed by atoms with Crippen LogP contribution in [-0.2, 0) is 19.1 Å². The second kappa shape index (κ2) is 12.7. The number of nitrogens with zero attached hydrogens (tertiary/aromatic N) is 1. The standard InChI is InChI=1S/C20H29F3N4O7/c21-20(22,23)18(32)25-8-4-2-1-3-7-24-15(30)6-5-12-10-27(19(33)26-17(12)31)16-9-13(29)14(11-28)34-16/h5-6,12-14,16,28-29H,1-4,7-11H2,(H,24,30)(H,25,32)(H,26,31,33)/b6-5+/t12?,13-,14+,16+/m0/s1. The Balaban J connectivity index is 1.66. The van der Waals surface area contributed by atoms with E-state index in [1.54, 1.807) is 5.32 Å². The van der Waals surface area contributed by atoms with Gasteiger partial charge in [0.2, 0.25) is 11.8 Å². The van der Waals surface area contributed by atoms with Gasteiger partial charge >= 0.3 is 18.1 Å². The van der Waals surface area contributed by atoms with Crippen LogP contribution in [0.3, 0.4) is 0 Å². The van der Waals surface area contributed by atoms with Gasteiger partial charge in [-0.1, -0.05) is 18.9 Å². The Labute approximate surface area is 193 Å². The molecule has 0 aromatic rings. The number of amides is 5. The lowest BCUT2D eigenvalue weighted by Crippen LogP contribution is -2.57. The van der Waals surface area contributed by atoms with Gasteiger partial charge in [0.15, 0.2) is 0 Å². The number of carbonyl (C=O) groups is 4. The molecule has 2 fully saturated rings. The van der Waals surface area contributed by atoms with Gasteiger partial charge in [-0.25, -0.2) is 4.79 Å². The molecule has 34 heavy (non-hydrogen) atoms. The number of unbranched alkanes of at least 4 members (excludes halogenated alkanes) is 3. The number of aliphatic hydroxyl groups is 2. The molecule has 1 unspecified atom stereocenters. The number of rotatable bonds is 11. The van der Waals surface area contributed by atoms with E-state index in [-0.39, 0.29) is 19.5 Å². The molecule has 0 aromatic carbocycles. The summed E-state index contributed by atoms with van der Waals surface area (Å²) in [6.07, 6.45) is -2.71. The third-order valence-corrected chi connectivity index (χ3v) is 5.38. The molecule has 2 aliphatic rings. The van der Waals surface area contributed by atoms with E-state index in [0.717, 1.165) is 0 Å². The van der Waals surface area contributed by atoms with Crippen molar-refractivity contribution in [3.63, 3.8) is 0 Å². The van der Waals surface area contributed by atoms with E-state index in [9.17, 15) is 42.6 Å². The molecule has 11 nitrogen and oxygen atoms in total. The van der Waals surface area contributed by atoms with E-state index in [1.807, 2.05) is 0 Å². The molecule has 14 heteroatoms. The molecule has 4 atom stereocenters. The first kappa shape index (κ1) is 27.5. The number of halogens is 3. The van der Waals surface area contributed by atoms with Crippen LogP contribution in [0.2, 0.25) is 0 Å². The van der Waals surface area contributed by atoms with Crippen LogP contribution < -0.4 is 16.0 Å². The van der Waals surface area contributed by atoms with E-state index in [4.69, 9.17) is 4.74 Å². The lowest BCUT2D eigenvalue weighted by atomic mass is 10.0. The average molecular weight is 494 g/mol. The van der Waals surface area contributed by atoms with Gasteiger partial charge in [-0.05, 0) is 18.9 Å². The number of urea groups is 1. The SMILES string of the molecule is O=C(/C=C/C1CN([C@H]2C[C@H](O)[C@@H](CO)O2)C(=O)NC1=O)NCCCCCCNC(=O)C(F)(F)F. The van der Waals surface area contributed by atoms with E-state index in [0.29, 0.717) is 32.2 Å². The van der Waals surface area contributed by atoms with Crippen molar-refractivity contribution in [3.8, 4) is 0 Å². The Kier molecular flexibility index (Phi) is 10.3. The molecule has 0 spiro atoms. The summed E-state index contributed by atoms with van der Waals surface area (Å²) in [4.78, 5) is 48.1. The Bertz CT molecular complexity index is 778. The number of imide groups is 1. The number of alkyl halides is 3. The monoisotopic (exact) mass is 494 g/mol. The van der Waals surface area contributed by atoms with Crippen molar-refractivity contribution in [1.82, 2.24) is 20.9 Å². The highest BCUT2D eigenvalue weighted by molar-refractivity contribution is 5.99. The van der Waals surface area contributed by atoms with Crippen molar-refractivity contribution >= 4 is 23.8 Å². The van der Waals surface area contributed by atoms with Crippen LogP contribution in [0.15, 0.2) is 12.2 Å². The maximum absolute atomic E-state index is 12.1. The quantitative estimate of drug-likeness (QED) is 0.192. The number of aliphatic hydroxyl groups excluding tert-OH is 2. The lowest BCUT2D eigenvalue weighted by Gasteiger charge is -2.34. The normalized spacial score (nSPS) is 25.5. The molecule has 2 saturated heterocycles. The molecule has 0 aliphatic carbocycles. The largest absolute Gasteiger partial charge is 0.471 e. The lowest BCUT2D eigenvalue weighted by molar-refractivity contribution is -0.173. The zero-order chi connectivity index (χ0) is 25.3. The minimum atomic E-state index is -4.89. The van der Waals surface area contributed by atoms with Crippen LogP contribution in [0.5, 0.6) is 0 Å². The first-order chi connectivity index (χ1) is 16.0. The number of nitrogens with one attached hydrogen (secondary N) is 3. The third kappa shape index (κ3) is 8.25. The molecular weight excluding hydrogens is 465 g/mol. The summed E-state index contributed by atoms with van der Waals surface area (Å²) in [5.74, 6) is -3.82. The summed E-state index contributed by atoms with van der Waals surface area (Å²) in [6, 6.07) is -0.687. The predicted octanol–water partition coefficient (Wildman–Crippen LogP) is -0.466. The van der Waals surface area contributed by atoms with E-state index in [2.05, 4.69) is 10.6 Å². The molecule has 0 saturated carbocycles. The van der Waals surface area contributed by atoms with Crippen molar-refractivity contribution in [1.29, 1.82) is 0 Å². The van der Waals surface area contributed by atoms with Crippen molar-refractivity contribution in [3.05, 3.63) is 12.2 Å². The molecule has 2 heterocycles. The van der Waals surface area contributed by atoms with Gasteiger partial charge in [0.05, 0.1) is 18.6 Å². The summed E-state index contributed by atoms with van der Waals surface area (Å²) in [7, 11) is 0. The molecule has 2 rings (SSSR count). The van der Waals surface area contributed by atoms with Crippen LogP contribution in [0.25, 0.3) is 0 Å². The zero-order valence-electron chi connectivity index (χ0n) is 18.3. The summed E-state index contributed by atoms with van der Waals surface area (Å²) >= 11 is 0. The van der Waals surface area contributed by atoms with Crippen molar-refractivity contribution in [2.24, 2.45) is 5.92 Å². The molecule has 192 valence electrons. The summed E-state index contributed by atoms with van der Waals surface area (Å²) in [5, 5.41) is 25.6.